The van der Waals surface area contributed by atoms with Crippen LogP contribution in [0.1, 0.15) is 52.5 Å². The van der Waals surface area contributed by atoms with Crippen molar-refractivity contribution in [3.8, 4) is 11.1 Å². The van der Waals surface area contributed by atoms with Gasteiger partial charge in [-0.25, -0.2) is 9.18 Å². The number of allylic oxidation sites excluding steroid dienone is 1. The Morgan fingerprint density at radius 3 is 2.35 bits per heavy atom. The number of halogens is 1. The van der Waals surface area contributed by atoms with Crippen LogP contribution in [0, 0.1) is 5.82 Å². The molecular formula is C32H42FN3O4. The number of aliphatic hydroxyl groups excluding tert-OH is 1. The summed E-state index contributed by atoms with van der Waals surface area (Å²) in [7, 11) is 0. The Kier molecular flexibility index (Phi) is 10.9. The molecule has 1 N–H and O–H groups in total. The Bertz CT molecular complexity index is 1180. The van der Waals surface area contributed by atoms with Crippen LogP contribution in [-0.4, -0.2) is 69.7 Å². The minimum Gasteiger partial charge on any atom is -0.444 e. The predicted molar refractivity (Wildman–Crippen MR) is 156 cm³/mol. The van der Waals surface area contributed by atoms with Crippen molar-refractivity contribution >= 4 is 12.0 Å². The molecule has 8 heteroatoms. The first kappa shape index (κ1) is 30.9. The molecule has 3 rings (SSSR count). The highest BCUT2D eigenvalue weighted by Crippen LogP contribution is 2.28. The van der Waals surface area contributed by atoms with E-state index in [9.17, 15) is 19.1 Å². The normalized spacial score (nSPS) is 14.6. The second-order valence-corrected chi connectivity index (χ2v) is 10.9. The van der Waals surface area contributed by atoms with Gasteiger partial charge in [0.25, 0.3) is 5.91 Å². The number of carbonyl (C=O) groups excluding carboxylic acids is 2. The molecule has 1 aliphatic heterocycles. The molecule has 0 unspecified atom stereocenters. The first-order chi connectivity index (χ1) is 19.1. The van der Waals surface area contributed by atoms with Crippen molar-refractivity contribution in [2.75, 3.05) is 26.2 Å². The molecule has 1 heterocycles. The van der Waals surface area contributed by atoms with E-state index in [0.717, 1.165) is 16.7 Å². The highest BCUT2D eigenvalue weighted by atomic mass is 19.1. The molecule has 1 saturated heterocycles. The number of rotatable bonds is 10. The summed E-state index contributed by atoms with van der Waals surface area (Å²) in [5, 5.41) is 9.55. The molecule has 216 valence electrons. The smallest absolute Gasteiger partial charge is 0.410 e. The fraction of sp³-hybridized carbons (Fsp3) is 0.438. The van der Waals surface area contributed by atoms with Crippen molar-refractivity contribution in [2.24, 2.45) is 0 Å². The molecule has 0 saturated carbocycles. The SMILES string of the molecule is C=CN(Cc1ccccc1-c1ccc(F)cc1)/C(=C\CC)C(=O)N1CCC(N(CCO)C(=O)OC(C)(C)C)CC1. The van der Waals surface area contributed by atoms with E-state index in [1.165, 1.54) is 12.1 Å². The van der Waals surface area contributed by atoms with Gasteiger partial charge in [-0.15, -0.1) is 0 Å². The van der Waals surface area contributed by atoms with Crippen molar-refractivity contribution in [1.82, 2.24) is 14.7 Å². The van der Waals surface area contributed by atoms with Crippen LogP contribution >= 0.6 is 0 Å². The van der Waals surface area contributed by atoms with Crippen molar-refractivity contribution in [3.63, 3.8) is 0 Å². The van der Waals surface area contributed by atoms with Gasteiger partial charge in [-0.2, -0.15) is 0 Å². The topological polar surface area (TPSA) is 73.3 Å². The maximum absolute atomic E-state index is 13.8. The minimum absolute atomic E-state index is 0.0922. The summed E-state index contributed by atoms with van der Waals surface area (Å²) in [4.78, 5) is 31.8. The van der Waals surface area contributed by atoms with Crippen LogP contribution in [-0.2, 0) is 16.1 Å². The van der Waals surface area contributed by atoms with Gasteiger partial charge in [-0.1, -0.05) is 56.0 Å². The van der Waals surface area contributed by atoms with Gasteiger partial charge < -0.3 is 24.5 Å². The van der Waals surface area contributed by atoms with Gasteiger partial charge in [0.15, 0.2) is 0 Å². The van der Waals surface area contributed by atoms with E-state index in [1.807, 2.05) is 67.8 Å². The zero-order chi connectivity index (χ0) is 29.3. The highest BCUT2D eigenvalue weighted by molar-refractivity contribution is 5.93. The molecular weight excluding hydrogens is 509 g/mol. The van der Waals surface area contributed by atoms with E-state index >= 15 is 0 Å². The highest BCUT2D eigenvalue weighted by Gasteiger charge is 2.33. The quantitative estimate of drug-likeness (QED) is 0.369. The largest absolute Gasteiger partial charge is 0.444 e. The Balaban J connectivity index is 1.74. The number of amides is 2. The fourth-order valence-corrected chi connectivity index (χ4v) is 4.92. The van der Waals surface area contributed by atoms with Gasteiger partial charge in [0.1, 0.15) is 17.1 Å². The van der Waals surface area contributed by atoms with Gasteiger partial charge >= 0.3 is 6.09 Å². The lowest BCUT2D eigenvalue weighted by molar-refractivity contribution is -0.130. The third kappa shape index (κ3) is 8.18. The first-order valence-corrected chi connectivity index (χ1v) is 13.9. The number of piperidine rings is 1. The van der Waals surface area contributed by atoms with Crippen LogP contribution < -0.4 is 0 Å². The average molecular weight is 552 g/mol. The van der Waals surface area contributed by atoms with E-state index in [2.05, 4.69) is 6.58 Å². The average Bonchev–Trinajstić information content (AvgIpc) is 2.93. The van der Waals surface area contributed by atoms with Crippen molar-refractivity contribution in [3.05, 3.63) is 84.5 Å². The number of nitrogens with zero attached hydrogens (tertiary/aromatic N) is 3. The number of hydrogen-bond acceptors (Lipinski definition) is 5. The third-order valence-corrected chi connectivity index (χ3v) is 6.82. The Morgan fingerprint density at radius 2 is 1.77 bits per heavy atom. The van der Waals surface area contributed by atoms with E-state index in [0.29, 0.717) is 44.6 Å². The molecule has 0 radical (unpaired) electrons. The summed E-state index contributed by atoms with van der Waals surface area (Å²) in [5.74, 6) is -0.382. The molecule has 0 aliphatic carbocycles. The van der Waals surface area contributed by atoms with Gasteiger partial charge in [-0.05, 0) is 75.1 Å². The van der Waals surface area contributed by atoms with Crippen molar-refractivity contribution in [2.45, 2.75) is 65.1 Å². The molecule has 0 bridgehead atoms. The lowest BCUT2D eigenvalue weighted by Crippen LogP contribution is -2.51. The summed E-state index contributed by atoms with van der Waals surface area (Å²) in [6, 6.07) is 14.1. The number of hydrogen-bond donors (Lipinski definition) is 1. The Labute approximate surface area is 237 Å². The van der Waals surface area contributed by atoms with E-state index in [1.54, 1.807) is 23.2 Å². The van der Waals surface area contributed by atoms with Crippen LogP contribution in [0.4, 0.5) is 9.18 Å². The van der Waals surface area contributed by atoms with Crippen LogP contribution in [0.15, 0.2) is 73.1 Å². The molecule has 2 amide bonds. The second-order valence-electron chi connectivity index (χ2n) is 10.9. The molecule has 2 aromatic carbocycles. The molecule has 1 aliphatic rings. The first-order valence-electron chi connectivity index (χ1n) is 13.9. The minimum atomic E-state index is -0.634. The third-order valence-electron chi connectivity index (χ3n) is 6.82. The molecule has 40 heavy (non-hydrogen) atoms. The number of ether oxygens (including phenoxy) is 1. The maximum atomic E-state index is 13.8. The van der Waals surface area contributed by atoms with Gasteiger partial charge in [0.2, 0.25) is 0 Å². The molecule has 1 fully saturated rings. The van der Waals surface area contributed by atoms with Crippen LogP contribution in [0.5, 0.6) is 0 Å². The molecule has 0 aromatic heterocycles. The number of likely N-dealkylation sites (tertiary alicyclic amines) is 1. The number of benzene rings is 2. The molecule has 7 nitrogen and oxygen atoms in total. The van der Waals surface area contributed by atoms with E-state index in [-0.39, 0.29) is 30.9 Å². The summed E-state index contributed by atoms with van der Waals surface area (Å²) < 4.78 is 19.1. The van der Waals surface area contributed by atoms with Gasteiger partial charge in [0.05, 0.1) is 6.61 Å². The second kappa shape index (κ2) is 14.1. The number of aliphatic hydroxyl groups is 1. The van der Waals surface area contributed by atoms with Gasteiger partial charge in [0, 0.05) is 32.2 Å². The fourth-order valence-electron chi connectivity index (χ4n) is 4.92. The molecule has 0 spiro atoms. The van der Waals surface area contributed by atoms with E-state index in [4.69, 9.17) is 4.74 Å². The number of carbonyl (C=O) groups is 2. The molecule has 0 atom stereocenters. The Hall–Kier alpha value is -3.65. The molecule has 2 aromatic rings. The zero-order valence-corrected chi connectivity index (χ0v) is 24.1. The van der Waals surface area contributed by atoms with Gasteiger partial charge in [-0.3, -0.25) is 4.79 Å². The Morgan fingerprint density at radius 1 is 1.12 bits per heavy atom. The summed E-state index contributed by atoms with van der Waals surface area (Å²) in [6.07, 6.45) is 4.98. The summed E-state index contributed by atoms with van der Waals surface area (Å²) in [5.41, 5.74) is 2.76. The maximum Gasteiger partial charge on any atom is 0.410 e. The van der Waals surface area contributed by atoms with Crippen molar-refractivity contribution in [1.29, 1.82) is 0 Å². The summed E-state index contributed by atoms with van der Waals surface area (Å²) >= 11 is 0. The van der Waals surface area contributed by atoms with Crippen molar-refractivity contribution < 1.29 is 23.8 Å². The van der Waals surface area contributed by atoms with Crippen LogP contribution in [0.2, 0.25) is 0 Å². The standard InChI is InChI=1S/C32H42FN3O4/c1-6-10-29(34(7-2)23-25-11-8-9-12-28(25)24-13-15-26(33)16-14-24)30(38)35-19-17-27(18-20-35)36(21-22-37)31(39)40-32(3,4)5/h7-16,27,37H,2,6,17-23H2,1,3-5H3/b29-10-. The zero-order valence-electron chi connectivity index (χ0n) is 24.1. The summed E-state index contributed by atoms with van der Waals surface area (Å²) in [6.45, 7) is 12.8. The lowest BCUT2D eigenvalue weighted by atomic mass is 9.99. The van der Waals surface area contributed by atoms with E-state index < -0.39 is 11.7 Å². The lowest BCUT2D eigenvalue weighted by Gasteiger charge is -2.39. The van der Waals surface area contributed by atoms with Crippen LogP contribution in [0.25, 0.3) is 11.1 Å². The predicted octanol–water partition coefficient (Wildman–Crippen LogP) is 5.95. The monoisotopic (exact) mass is 551 g/mol. The van der Waals surface area contributed by atoms with Crippen LogP contribution in [0.3, 0.4) is 0 Å².